The lowest BCUT2D eigenvalue weighted by atomic mass is 9.91. The Labute approximate surface area is 233 Å². The van der Waals surface area contributed by atoms with Crippen LogP contribution in [-0.2, 0) is 12.8 Å². The first-order chi connectivity index (χ1) is 18.6. The molecule has 0 amide bonds. The van der Waals surface area contributed by atoms with Crippen molar-refractivity contribution >= 4 is 11.4 Å². The molecule has 0 N–H and O–H groups in total. The Morgan fingerprint density at radius 1 is 0.500 bits per heavy atom. The van der Waals surface area contributed by atoms with Crippen LogP contribution in [0.3, 0.4) is 0 Å². The zero-order chi connectivity index (χ0) is 27.2. The Bertz CT molecular complexity index is 1000. The van der Waals surface area contributed by atoms with Crippen LogP contribution in [0.4, 0.5) is 0 Å². The number of hydrogen-bond acceptors (Lipinski definition) is 0. The molecule has 0 aromatic heterocycles. The number of hydrogen-bond donors (Lipinski definition) is 0. The summed E-state index contributed by atoms with van der Waals surface area (Å²) in [6, 6.07) is 17.9. The molecule has 2 nitrogen and oxygen atoms in total. The second-order valence-corrected chi connectivity index (χ2v) is 11.2. The van der Waals surface area contributed by atoms with Gasteiger partial charge in [-0.25, -0.2) is 4.70 Å². The van der Waals surface area contributed by atoms with Gasteiger partial charge in [-0.2, -0.15) is 0 Å². The minimum atomic E-state index is 1.02. The van der Waals surface area contributed by atoms with Crippen LogP contribution < -0.4 is 0 Å². The summed E-state index contributed by atoms with van der Waals surface area (Å²) < 4.78 is 1.56. The Morgan fingerprint density at radius 3 is 1.32 bits per heavy atom. The van der Waals surface area contributed by atoms with Gasteiger partial charge in [0.2, 0.25) is 11.4 Å². The summed E-state index contributed by atoms with van der Waals surface area (Å²) >= 11 is 0. The molecule has 0 unspecified atom stereocenters. The summed E-state index contributed by atoms with van der Waals surface area (Å²) in [5, 5.41) is 0. The van der Waals surface area contributed by atoms with Crippen molar-refractivity contribution in [3.63, 3.8) is 0 Å². The molecular weight excluding hydrogens is 460 g/mol. The van der Waals surface area contributed by atoms with E-state index in [9.17, 15) is 5.53 Å². The maximum Gasteiger partial charge on any atom is 0.211 e. The van der Waals surface area contributed by atoms with Crippen LogP contribution in [-0.4, -0.2) is 4.70 Å². The number of benzene rings is 2. The van der Waals surface area contributed by atoms with Crippen molar-refractivity contribution in [1.82, 2.24) is 0 Å². The number of aryl methyl sites for hydroxylation is 2. The molecule has 1 aliphatic heterocycles. The molecule has 1 aliphatic rings. The first kappa shape index (κ1) is 30.1. The van der Waals surface area contributed by atoms with E-state index in [0.717, 1.165) is 73.9 Å². The van der Waals surface area contributed by atoms with Crippen LogP contribution in [0.2, 0.25) is 0 Å². The predicted molar refractivity (Wildman–Crippen MR) is 165 cm³/mol. The highest BCUT2D eigenvalue weighted by Crippen LogP contribution is 2.44. The molecule has 0 saturated heterocycles. The van der Waals surface area contributed by atoms with E-state index in [2.05, 4.69) is 76.2 Å². The van der Waals surface area contributed by atoms with Gasteiger partial charge in [-0.3, -0.25) is 0 Å². The van der Waals surface area contributed by atoms with Crippen molar-refractivity contribution in [3.8, 4) is 0 Å². The van der Waals surface area contributed by atoms with E-state index in [1.807, 2.05) is 0 Å². The van der Waals surface area contributed by atoms with E-state index in [0.29, 0.717) is 0 Å². The van der Waals surface area contributed by atoms with Gasteiger partial charge in [-0.1, -0.05) is 103 Å². The maximum atomic E-state index is 11.9. The highest BCUT2D eigenvalue weighted by Gasteiger charge is 2.35. The lowest BCUT2D eigenvalue weighted by Crippen LogP contribution is -2.03. The highest BCUT2D eigenvalue weighted by atomic mass is 15.2. The molecule has 0 aliphatic carbocycles. The van der Waals surface area contributed by atoms with Crippen molar-refractivity contribution in [2.24, 2.45) is 0 Å². The van der Waals surface area contributed by atoms with E-state index in [4.69, 9.17) is 0 Å². The van der Waals surface area contributed by atoms with Crippen molar-refractivity contribution in [3.05, 3.63) is 87.5 Å². The second kappa shape index (κ2) is 16.5. The van der Waals surface area contributed by atoms with Crippen molar-refractivity contribution in [2.45, 2.75) is 130 Å². The fraction of sp³-hybridized carbons (Fsp3) is 0.556. The van der Waals surface area contributed by atoms with Gasteiger partial charge in [-0.05, 0) is 86.8 Å². The van der Waals surface area contributed by atoms with Gasteiger partial charge in [-0.15, -0.1) is 0 Å². The van der Waals surface area contributed by atoms with E-state index in [-0.39, 0.29) is 0 Å². The van der Waals surface area contributed by atoms with Gasteiger partial charge in [0.05, 0.1) is 0 Å². The molecule has 2 aromatic carbocycles. The fourth-order valence-electron chi connectivity index (χ4n) is 5.75. The Morgan fingerprint density at radius 2 is 0.921 bits per heavy atom. The molecule has 2 aromatic rings. The van der Waals surface area contributed by atoms with Crippen molar-refractivity contribution in [2.75, 3.05) is 0 Å². The zero-order valence-electron chi connectivity index (χ0n) is 24.8. The lowest BCUT2D eigenvalue weighted by Gasteiger charge is -2.12. The summed E-state index contributed by atoms with van der Waals surface area (Å²) in [4.78, 5) is 0. The summed E-state index contributed by atoms with van der Waals surface area (Å²) in [6.45, 7) is 9.07. The second-order valence-electron chi connectivity index (χ2n) is 11.2. The summed E-state index contributed by atoms with van der Waals surface area (Å²) in [5.41, 5.74) is 21.7. The molecule has 0 spiro atoms. The van der Waals surface area contributed by atoms with Crippen LogP contribution >= 0.6 is 0 Å². The molecule has 0 fully saturated rings. The maximum absolute atomic E-state index is 11.9. The summed E-state index contributed by atoms with van der Waals surface area (Å²) in [7, 11) is 0. The number of unbranched alkanes of at least 4 members (excludes halogenated alkanes) is 8. The van der Waals surface area contributed by atoms with Gasteiger partial charge < -0.3 is 5.53 Å². The first-order valence-corrected chi connectivity index (χ1v) is 15.8. The van der Waals surface area contributed by atoms with Crippen molar-refractivity contribution in [1.29, 1.82) is 0 Å². The molecule has 0 bridgehead atoms. The summed E-state index contributed by atoms with van der Waals surface area (Å²) in [6.07, 6.45) is 19.1. The number of nitrogens with zero attached hydrogens (tertiary/aromatic N) is 2. The smallest absolute Gasteiger partial charge is 0.211 e. The topological polar surface area (TPSA) is 25.3 Å². The van der Waals surface area contributed by atoms with Crippen LogP contribution in [0.5, 0.6) is 0 Å². The third-order valence-electron chi connectivity index (χ3n) is 7.96. The minimum absolute atomic E-state index is 1.02. The SMILES string of the molecule is CCCCCCc1cccc(C2=C(CCCC)C(CCCC)=C(c3cccc(CCCCCC)c3)[N+]2=[N-])c1. The van der Waals surface area contributed by atoms with Gasteiger partial charge in [0.1, 0.15) is 0 Å². The molecule has 0 saturated carbocycles. The fourth-order valence-corrected chi connectivity index (χ4v) is 5.75. The molecule has 206 valence electrons. The van der Waals surface area contributed by atoms with Gasteiger partial charge >= 0.3 is 0 Å². The third kappa shape index (κ3) is 8.26. The lowest BCUT2D eigenvalue weighted by molar-refractivity contribution is -0.345. The molecule has 0 radical (unpaired) electrons. The first-order valence-electron chi connectivity index (χ1n) is 15.8. The van der Waals surface area contributed by atoms with E-state index < -0.39 is 0 Å². The molecule has 1 heterocycles. The summed E-state index contributed by atoms with van der Waals surface area (Å²) in [5.74, 6) is 0. The average molecular weight is 513 g/mol. The van der Waals surface area contributed by atoms with Crippen LogP contribution in [0.1, 0.15) is 140 Å². The Kier molecular flexibility index (Phi) is 13.0. The van der Waals surface area contributed by atoms with Gasteiger partial charge in [0.15, 0.2) is 0 Å². The average Bonchev–Trinajstić information content (AvgIpc) is 3.22. The standard InChI is InChI=1S/C36H52N2/c1-5-9-13-15-19-29-21-17-23-31(27-29)35-33(25-11-7-3)34(26-12-8-4)36(38(35)37)32-24-18-22-30(28-32)20-16-14-10-6-2/h17-18,21-24,27-28H,5-16,19-20,25-26H2,1-4H3. The number of allylic oxidation sites excluding steroid dienone is 2. The molecule has 2 heteroatoms. The molecule has 0 atom stereocenters. The van der Waals surface area contributed by atoms with Gasteiger partial charge in [0.25, 0.3) is 0 Å². The quantitative estimate of drug-likeness (QED) is 0.140. The number of rotatable bonds is 18. The third-order valence-corrected chi connectivity index (χ3v) is 7.96. The molecule has 38 heavy (non-hydrogen) atoms. The van der Waals surface area contributed by atoms with Gasteiger partial charge in [0, 0.05) is 22.3 Å². The van der Waals surface area contributed by atoms with Crippen molar-refractivity contribution < 1.29 is 4.70 Å². The largest absolute Gasteiger partial charge is 0.493 e. The molecular formula is C36H52N2. The Balaban J connectivity index is 1.99. The van der Waals surface area contributed by atoms with E-state index in [1.54, 1.807) is 4.70 Å². The van der Waals surface area contributed by atoms with Crippen LogP contribution in [0.25, 0.3) is 16.9 Å². The highest BCUT2D eigenvalue weighted by molar-refractivity contribution is 5.82. The Hall–Kier alpha value is -2.48. The predicted octanol–water partition coefficient (Wildman–Crippen LogP) is 11.5. The normalized spacial score (nSPS) is 13.7. The van der Waals surface area contributed by atoms with Crippen LogP contribution in [0.15, 0.2) is 59.7 Å². The van der Waals surface area contributed by atoms with E-state index in [1.165, 1.54) is 73.6 Å². The van der Waals surface area contributed by atoms with E-state index >= 15 is 0 Å². The van der Waals surface area contributed by atoms with Crippen LogP contribution in [0, 0.1) is 0 Å². The monoisotopic (exact) mass is 512 g/mol. The minimum Gasteiger partial charge on any atom is -0.493 e. The molecule has 3 rings (SSSR count). The zero-order valence-corrected chi connectivity index (χ0v) is 24.8.